The number of nitrogens with zero attached hydrogens (tertiary/aromatic N) is 3. The van der Waals surface area contributed by atoms with Crippen molar-refractivity contribution in [2.24, 2.45) is 5.92 Å². The van der Waals surface area contributed by atoms with Crippen molar-refractivity contribution in [2.45, 2.75) is 42.1 Å². The minimum Gasteiger partial charge on any atom is -0.332 e. The molecule has 0 bridgehead atoms. The largest absolute Gasteiger partial charge is 0.332 e. The fourth-order valence-electron chi connectivity index (χ4n) is 4.58. The van der Waals surface area contributed by atoms with Crippen LogP contribution >= 0.6 is 47.0 Å². The summed E-state index contributed by atoms with van der Waals surface area (Å²) < 4.78 is -1.74. The van der Waals surface area contributed by atoms with Gasteiger partial charge in [0.05, 0.1) is 11.2 Å². The smallest absolute Gasteiger partial charge is 0.228 e. The number of anilines is 1. The molecule has 3 heterocycles. The first-order valence-electron chi connectivity index (χ1n) is 11.3. The molecule has 33 heavy (non-hydrogen) atoms. The summed E-state index contributed by atoms with van der Waals surface area (Å²) in [5.41, 5.74) is 1.77. The number of carbonyl (C=O) groups is 1. The fourth-order valence-corrected chi connectivity index (χ4v) is 5.48. The Morgan fingerprint density at radius 1 is 1.21 bits per heavy atom. The number of fused-ring (bicyclic) bond motifs is 1. The van der Waals surface area contributed by atoms with E-state index in [1.165, 1.54) is 0 Å². The van der Waals surface area contributed by atoms with Crippen LogP contribution in [0.4, 0.5) is 5.69 Å². The molecule has 6 nitrogen and oxygen atoms in total. The average molecular weight is 529 g/mol. The molecular weight excluding hydrogens is 501 g/mol. The molecule has 1 amide bonds. The zero-order valence-corrected chi connectivity index (χ0v) is 21.4. The molecule has 2 aliphatic heterocycles. The number of pyridine rings is 1. The molecular formula is C23H28Cl3N5OS. The quantitative estimate of drug-likeness (QED) is 0.421. The van der Waals surface area contributed by atoms with E-state index in [1.807, 2.05) is 40.1 Å². The van der Waals surface area contributed by atoms with Gasteiger partial charge < -0.3 is 20.4 Å². The van der Waals surface area contributed by atoms with E-state index in [0.717, 1.165) is 61.9 Å². The Hall–Kier alpha value is -1.38. The number of para-hydroxylation sites is 1. The summed E-state index contributed by atoms with van der Waals surface area (Å²) in [5.74, 6) is 0.422. The maximum absolute atomic E-state index is 12.8. The van der Waals surface area contributed by atoms with E-state index in [9.17, 15) is 4.79 Å². The van der Waals surface area contributed by atoms with Crippen molar-refractivity contribution in [1.29, 1.82) is 0 Å². The number of hydrogen-bond donors (Lipinski definition) is 2. The Bertz CT molecular complexity index is 990. The summed E-state index contributed by atoms with van der Waals surface area (Å²) in [6, 6.07) is 9.92. The Morgan fingerprint density at radius 3 is 2.73 bits per heavy atom. The van der Waals surface area contributed by atoms with Gasteiger partial charge in [0.15, 0.2) is 11.3 Å². The van der Waals surface area contributed by atoms with Gasteiger partial charge >= 0.3 is 0 Å². The first-order chi connectivity index (χ1) is 15.8. The molecule has 0 radical (unpaired) electrons. The maximum Gasteiger partial charge on any atom is 0.228 e. The number of rotatable bonds is 6. The van der Waals surface area contributed by atoms with Gasteiger partial charge in [-0.25, -0.2) is 0 Å². The van der Waals surface area contributed by atoms with Crippen LogP contribution in [0.5, 0.6) is 0 Å². The van der Waals surface area contributed by atoms with Crippen LogP contribution in [-0.2, 0) is 4.79 Å². The van der Waals surface area contributed by atoms with Crippen molar-refractivity contribution < 1.29 is 4.79 Å². The molecule has 1 atom stereocenters. The lowest BCUT2D eigenvalue weighted by Gasteiger charge is -2.44. The van der Waals surface area contributed by atoms with Crippen molar-refractivity contribution in [3.63, 3.8) is 0 Å². The average Bonchev–Trinajstić information content (AvgIpc) is 2.81. The first kappa shape index (κ1) is 24.7. The number of carbonyl (C=O) groups excluding carboxylic acids is 1. The fraction of sp³-hybridized carbons (Fsp3) is 0.522. The van der Waals surface area contributed by atoms with Crippen molar-refractivity contribution in [2.75, 3.05) is 31.1 Å². The summed E-state index contributed by atoms with van der Waals surface area (Å²) >= 11 is 24.9. The Balaban J connectivity index is 1.50. The standard InChI is InChI=1S/C23H28Cl3N5OS/c24-23(25,26)21(29-19(32)8-7-16-9-12-27-13-10-16)31-15-3-14-30(22(31)33)18-6-1-4-17-5-2-11-28-20(17)18/h1-2,4-6,11,16,21,27H,3,7-10,12-15H2,(H,29,32). The van der Waals surface area contributed by atoms with Crippen LogP contribution in [0.25, 0.3) is 10.9 Å². The van der Waals surface area contributed by atoms with Gasteiger partial charge in [-0.05, 0) is 69.0 Å². The molecule has 2 saturated heterocycles. The van der Waals surface area contributed by atoms with E-state index in [4.69, 9.17) is 47.0 Å². The van der Waals surface area contributed by atoms with Gasteiger partial charge in [0.1, 0.15) is 0 Å². The lowest BCUT2D eigenvalue weighted by molar-refractivity contribution is -0.123. The molecule has 178 valence electrons. The van der Waals surface area contributed by atoms with Gasteiger partial charge in [0, 0.05) is 31.1 Å². The number of benzene rings is 1. The van der Waals surface area contributed by atoms with Crippen molar-refractivity contribution in [3.05, 3.63) is 36.5 Å². The summed E-state index contributed by atoms with van der Waals surface area (Å²) in [5, 5.41) is 7.84. The molecule has 1 unspecified atom stereocenters. The number of nitrogens with one attached hydrogen (secondary N) is 2. The molecule has 2 fully saturated rings. The summed E-state index contributed by atoms with van der Waals surface area (Å²) in [4.78, 5) is 21.2. The van der Waals surface area contributed by atoms with Crippen LogP contribution in [-0.4, -0.2) is 57.0 Å². The Kier molecular flexibility index (Phi) is 8.18. The van der Waals surface area contributed by atoms with Crippen LogP contribution in [0.1, 0.15) is 32.1 Å². The van der Waals surface area contributed by atoms with Gasteiger partial charge in [0.2, 0.25) is 9.70 Å². The van der Waals surface area contributed by atoms with Gasteiger partial charge in [-0.15, -0.1) is 0 Å². The molecule has 10 heteroatoms. The molecule has 2 N–H and O–H groups in total. The second-order valence-electron chi connectivity index (χ2n) is 8.58. The molecule has 1 aromatic heterocycles. The number of piperidine rings is 1. The molecule has 2 aliphatic rings. The van der Waals surface area contributed by atoms with E-state index in [2.05, 4.69) is 15.6 Å². The molecule has 2 aromatic rings. The summed E-state index contributed by atoms with van der Waals surface area (Å²) in [6.07, 6.45) is 5.12. The number of thiocarbonyl (C=S) groups is 1. The lowest BCUT2D eigenvalue weighted by atomic mass is 9.93. The minimum atomic E-state index is -1.74. The lowest BCUT2D eigenvalue weighted by Crippen LogP contribution is -2.62. The van der Waals surface area contributed by atoms with E-state index >= 15 is 0 Å². The molecule has 0 saturated carbocycles. The minimum absolute atomic E-state index is 0.128. The van der Waals surface area contributed by atoms with E-state index in [0.29, 0.717) is 24.0 Å². The third-order valence-electron chi connectivity index (χ3n) is 6.32. The zero-order valence-electron chi connectivity index (χ0n) is 18.3. The Morgan fingerprint density at radius 2 is 1.97 bits per heavy atom. The van der Waals surface area contributed by atoms with Gasteiger partial charge in [-0.3, -0.25) is 9.78 Å². The second kappa shape index (κ2) is 10.9. The van der Waals surface area contributed by atoms with Gasteiger partial charge in [0.25, 0.3) is 0 Å². The highest BCUT2D eigenvalue weighted by molar-refractivity contribution is 7.80. The molecule has 0 spiro atoms. The van der Waals surface area contributed by atoms with Gasteiger partial charge in [-0.2, -0.15) is 0 Å². The number of alkyl halides is 3. The highest BCUT2D eigenvalue weighted by atomic mass is 35.6. The Labute approximate surface area is 214 Å². The summed E-state index contributed by atoms with van der Waals surface area (Å²) in [6.45, 7) is 3.32. The van der Waals surface area contributed by atoms with Crippen LogP contribution in [0.3, 0.4) is 0 Å². The van der Waals surface area contributed by atoms with Crippen molar-refractivity contribution in [3.8, 4) is 0 Å². The SMILES string of the molecule is O=C(CCC1CCNCC1)NC(N1CCCN(c2cccc3cccnc23)C1=S)C(Cl)(Cl)Cl. The zero-order chi connectivity index (χ0) is 23.4. The maximum atomic E-state index is 12.8. The highest BCUT2D eigenvalue weighted by Crippen LogP contribution is 2.35. The monoisotopic (exact) mass is 527 g/mol. The predicted octanol–water partition coefficient (Wildman–Crippen LogP) is 4.62. The number of aromatic nitrogens is 1. The number of halogens is 3. The van der Waals surface area contributed by atoms with E-state index in [-0.39, 0.29) is 5.91 Å². The first-order valence-corrected chi connectivity index (χ1v) is 12.9. The van der Waals surface area contributed by atoms with Crippen molar-refractivity contribution in [1.82, 2.24) is 20.5 Å². The van der Waals surface area contributed by atoms with Crippen LogP contribution < -0.4 is 15.5 Å². The van der Waals surface area contributed by atoms with Crippen LogP contribution in [0, 0.1) is 5.92 Å². The topological polar surface area (TPSA) is 60.5 Å². The highest BCUT2D eigenvalue weighted by Gasteiger charge is 2.42. The molecule has 4 rings (SSSR count). The van der Waals surface area contributed by atoms with Crippen LogP contribution in [0.2, 0.25) is 0 Å². The van der Waals surface area contributed by atoms with E-state index in [1.54, 1.807) is 6.20 Å². The van der Waals surface area contributed by atoms with Crippen LogP contribution in [0.15, 0.2) is 36.5 Å². The predicted molar refractivity (Wildman–Crippen MR) is 140 cm³/mol. The second-order valence-corrected chi connectivity index (χ2v) is 11.3. The third-order valence-corrected chi connectivity index (χ3v) is 7.39. The molecule has 1 aromatic carbocycles. The third kappa shape index (κ3) is 6.01. The summed E-state index contributed by atoms with van der Waals surface area (Å²) in [7, 11) is 0. The normalized spacial score (nSPS) is 19.1. The van der Waals surface area contributed by atoms with Gasteiger partial charge in [-0.1, -0.05) is 53.0 Å². The molecule has 0 aliphatic carbocycles. The number of hydrogen-bond acceptors (Lipinski definition) is 4. The van der Waals surface area contributed by atoms with Crippen molar-refractivity contribution >= 4 is 74.6 Å². The van der Waals surface area contributed by atoms with E-state index < -0.39 is 9.96 Å². The number of amides is 1.